The number of aliphatic hydroxyl groups excluding tert-OH is 2. The Morgan fingerprint density at radius 3 is 1.23 bits per heavy atom. The van der Waals surface area contributed by atoms with Crippen molar-refractivity contribution in [1.82, 2.24) is 39.0 Å². The van der Waals surface area contributed by atoms with Gasteiger partial charge in [-0.15, -0.1) is 0 Å². The maximum absolute atomic E-state index is 12.5. The van der Waals surface area contributed by atoms with E-state index in [-0.39, 0.29) is 53.9 Å². The van der Waals surface area contributed by atoms with Crippen molar-refractivity contribution >= 4 is 55.8 Å². The van der Waals surface area contributed by atoms with E-state index in [1.807, 2.05) is 145 Å². The van der Waals surface area contributed by atoms with Crippen molar-refractivity contribution in [3.8, 4) is 11.8 Å². The van der Waals surface area contributed by atoms with Crippen molar-refractivity contribution < 1.29 is 44.2 Å². The van der Waals surface area contributed by atoms with Gasteiger partial charge in [-0.3, -0.25) is 0 Å². The SMILES string of the molecule is C[Si](C)(O)[C@H]1C[C@H](n2cnc3c(OCc4ccccc4)nc(N)nc32)[C@](O)(CO)[C@@H]1COCc1ccccc1.C[Si](C)(c1ccccc1)[C@H]1C[C@H](n2cnc3c(OCc4ccccc4)nc(N)nc32)[C@](O)(CO)[C@@H]1COCc1ccccc1. The molecule has 2 aliphatic rings. The topological polar surface area (TPSA) is 277 Å². The van der Waals surface area contributed by atoms with Gasteiger partial charge in [-0.1, -0.05) is 170 Å². The average Bonchev–Trinajstić information content (AvgIpc) is 2.25. The first-order chi connectivity index (χ1) is 40.0. The van der Waals surface area contributed by atoms with Crippen LogP contribution in [-0.4, -0.2) is 118 Å². The zero-order valence-corrected chi connectivity index (χ0v) is 49.2. The van der Waals surface area contributed by atoms with E-state index in [9.17, 15) is 25.2 Å². The standard InChI is InChI=1S/C34H39N5O4Si.C28H35N5O5Si/c1-44(2,26-16-10-5-11-17-26)28-18-29(34(41,22-40)27(28)21-42-19-24-12-6-3-7-13-24)39-23-36-30-31(39)37-33(35)38-32(30)43-20-25-14-8-4-9-15-25;1-39(2,36)22-13-23(28(35,17-34)21(22)16-37-14-19-9-5-3-6-10-19)33-18-30-24-25(33)31-27(29)32-26(24)38-15-20-11-7-4-8-12-20/h3-17,23,27-29,40-41H,18-22H2,1-2H3,(H2,35,37,38);3-12,18,21-23,34-36H,13-17H2,1-2H3,(H2,29,31,32)/t27-,28+,29+,34+;21-,22+,23+,28+/m11/s1. The number of rotatable bonds is 21. The maximum Gasteiger partial charge on any atom is 0.247 e. The van der Waals surface area contributed by atoms with Crippen LogP contribution < -0.4 is 26.1 Å². The minimum Gasteiger partial charge on any atom is -0.471 e. The molecule has 19 nitrogen and oxygen atoms in total. The number of aromatic nitrogens is 8. The van der Waals surface area contributed by atoms with Gasteiger partial charge in [0.2, 0.25) is 23.7 Å². The molecule has 83 heavy (non-hydrogen) atoms. The Hall–Kier alpha value is -7.45. The van der Waals surface area contributed by atoms with Crippen molar-refractivity contribution in [1.29, 1.82) is 0 Å². The van der Waals surface area contributed by atoms with Crippen LogP contribution in [0.3, 0.4) is 0 Å². The number of benzene rings is 5. The Labute approximate surface area is 484 Å². The van der Waals surface area contributed by atoms with Crippen molar-refractivity contribution in [2.24, 2.45) is 11.8 Å². The molecule has 0 saturated heterocycles. The molecule has 2 saturated carbocycles. The lowest BCUT2D eigenvalue weighted by Gasteiger charge is -2.39. The monoisotopic (exact) mass is 1160 g/mol. The first-order valence-electron chi connectivity index (χ1n) is 28.0. The highest BCUT2D eigenvalue weighted by Gasteiger charge is 2.61. The molecule has 11 rings (SSSR count). The highest BCUT2D eigenvalue weighted by Crippen LogP contribution is 2.56. The summed E-state index contributed by atoms with van der Waals surface area (Å²) in [6.45, 7) is 9.24. The van der Waals surface area contributed by atoms with Crippen molar-refractivity contribution in [2.45, 2.75) is 99.8 Å². The fourth-order valence-electron chi connectivity index (χ4n) is 12.4. The van der Waals surface area contributed by atoms with Crippen LogP contribution >= 0.6 is 0 Å². The van der Waals surface area contributed by atoms with Gasteiger partial charge in [-0.2, -0.15) is 19.9 Å². The number of imidazole rings is 2. The zero-order chi connectivity index (χ0) is 58.4. The summed E-state index contributed by atoms with van der Waals surface area (Å²) >= 11 is 0. The summed E-state index contributed by atoms with van der Waals surface area (Å²) in [5.74, 6) is -0.275. The fourth-order valence-corrected chi connectivity index (χ4v) is 18.3. The third-order valence-electron chi connectivity index (χ3n) is 17.0. The summed E-state index contributed by atoms with van der Waals surface area (Å²) in [5.41, 5.74) is 14.7. The molecule has 0 radical (unpaired) electrons. The average molecular weight is 1160 g/mol. The smallest absolute Gasteiger partial charge is 0.247 e. The first kappa shape index (κ1) is 58.7. The first-order valence-corrected chi connectivity index (χ1v) is 34.1. The van der Waals surface area contributed by atoms with Crippen molar-refractivity contribution in [3.63, 3.8) is 0 Å². The second-order valence-corrected chi connectivity index (χ2v) is 31.8. The van der Waals surface area contributed by atoms with E-state index in [0.29, 0.717) is 61.6 Å². The molecule has 9 N–H and O–H groups in total. The number of fused-ring (bicyclic) bond motifs is 2. The van der Waals surface area contributed by atoms with E-state index in [4.69, 9.17) is 30.4 Å². The lowest BCUT2D eigenvalue weighted by Crippen LogP contribution is -2.52. The molecule has 0 bridgehead atoms. The van der Waals surface area contributed by atoms with Crippen LogP contribution in [0, 0.1) is 11.8 Å². The van der Waals surface area contributed by atoms with Crippen LogP contribution in [0.2, 0.25) is 37.3 Å². The Bertz CT molecular complexity index is 3550. The molecule has 0 amide bonds. The van der Waals surface area contributed by atoms with Gasteiger partial charge >= 0.3 is 0 Å². The highest BCUT2D eigenvalue weighted by atomic mass is 28.4. The number of nitrogens with two attached hydrogens (primary N) is 2. The molecular weight excluding hydrogens is 1080 g/mol. The van der Waals surface area contributed by atoms with Gasteiger partial charge in [0.25, 0.3) is 0 Å². The van der Waals surface area contributed by atoms with E-state index < -0.39 is 58.8 Å². The van der Waals surface area contributed by atoms with Gasteiger partial charge in [0.1, 0.15) is 24.4 Å². The molecule has 0 spiro atoms. The van der Waals surface area contributed by atoms with Gasteiger partial charge in [-0.05, 0) is 59.3 Å². The van der Waals surface area contributed by atoms with Crippen LogP contribution in [0.4, 0.5) is 11.9 Å². The molecule has 8 atom stereocenters. The van der Waals surface area contributed by atoms with E-state index in [1.54, 1.807) is 17.2 Å². The number of nitrogens with zero attached hydrogens (tertiary/aromatic N) is 8. The van der Waals surface area contributed by atoms with Crippen LogP contribution in [0.15, 0.2) is 164 Å². The fraction of sp³-hybridized carbons (Fsp3) is 0.355. The summed E-state index contributed by atoms with van der Waals surface area (Å²) in [4.78, 5) is 37.9. The Morgan fingerprint density at radius 1 is 0.506 bits per heavy atom. The van der Waals surface area contributed by atoms with Crippen molar-refractivity contribution in [3.05, 3.63) is 187 Å². The quantitative estimate of drug-likeness (QED) is 0.0342. The molecule has 0 aliphatic heterocycles. The number of hydrogen-bond acceptors (Lipinski definition) is 17. The van der Waals surface area contributed by atoms with Crippen LogP contribution in [0.5, 0.6) is 11.8 Å². The Balaban J connectivity index is 0.000000187. The summed E-state index contributed by atoms with van der Waals surface area (Å²) in [7, 11) is -4.99. The Morgan fingerprint density at radius 2 is 0.855 bits per heavy atom. The number of aliphatic hydroxyl groups is 4. The van der Waals surface area contributed by atoms with E-state index >= 15 is 0 Å². The van der Waals surface area contributed by atoms with Gasteiger partial charge in [-0.25, -0.2) is 9.97 Å². The lowest BCUT2D eigenvalue weighted by molar-refractivity contribution is -0.0940. The Kier molecular flexibility index (Phi) is 17.8. The van der Waals surface area contributed by atoms with Gasteiger partial charge in [0.05, 0.1) is 72.5 Å². The molecular formula is C62H74N10O9Si2. The maximum atomic E-state index is 12.5. The van der Waals surface area contributed by atoms with Crippen molar-refractivity contribution in [2.75, 3.05) is 37.9 Å². The molecule has 2 fully saturated rings. The number of ether oxygens (including phenoxy) is 4. The van der Waals surface area contributed by atoms with E-state index in [1.165, 1.54) is 5.19 Å². The van der Waals surface area contributed by atoms with Gasteiger partial charge < -0.3 is 64.8 Å². The molecule has 0 unspecified atom stereocenters. The van der Waals surface area contributed by atoms with Gasteiger partial charge in [0, 0.05) is 11.8 Å². The molecule has 4 aromatic heterocycles. The van der Waals surface area contributed by atoms with Crippen LogP contribution in [-0.2, 0) is 35.9 Å². The van der Waals surface area contributed by atoms with Crippen LogP contribution in [0.1, 0.15) is 47.2 Å². The molecule has 21 heteroatoms. The summed E-state index contributed by atoms with van der Waals surface area (Å²) < 4.78 is 27.9. The predicted molar refractivity (Wildman–Crippen MR) is 322 cm³/mol. The molecule has 4 heterocycles. The third kappa shape index (κ3) is 12.6. The molecule has 5 aromatic carbocycles. The largest absolute Gasteiger partial charge is 0.471 e. The second kappa shape index (κ2) is 25.2. The minimum absolute atomic E-state index is 0.00834. The summed E-state index contributed by atoms with van der Waals surface area (Å²) in [5, 5.41) is 47.2. The summed E-state index contributed by atoms with van der Waals surface area (Å²) in [6, 6.07) is 48.6. The number of hydrogen-bond donors (Lipinski definition) is 7. The molecule has 2 aliphatic carbocycles. The predicted octanol–water partition coefficient (Wildman–Crippen LogP) is 7.53. The second-order valence-electron chi connectivity index (χ2n) is 22.9. The molecule has 434 valence electrons. The van der Waals surface area contributed by atoms with Crippen LogP contribution in [0.25, 0.3) is 22.3 Å². The van der Waals surface area contributed by atoms with Gasteiger partial charge in [0.15, 0.2) is 30.6 Å². The summed E-state index contributed by atoms with van der Waals surface area (Å²) in [6.07, 6.45) is 4.25. The zero-order valence-electron chi connectivity index (χ0n) is 47.2. The number of anilines is 2. The van der Waals surface area contributed by atoms with E-state index in [0.717, 1.165) is 22.3 Å². The third-order valence-corrected chi connectivity index (χ3v) is 23.7. The normalized spacial score (nSPS) is 22.6. The minimum atomic E-state index is -2.78. The van der Waals surface area contributed by atoms with E-state index in [2.05, 4.69) is 67.3 Å². The lowest BCUT2D eigenvalue weighted by atomic mass is 9.89. The highest BCUT2D eigenvalue weighted by molar-refractivity contribution is 6.91. The molecule has 9 aromatic rings. The number of nitrogen functional groups attached to an aromatic ring is 2.